The number of benzene rings is 2. The lowest BCUT2D eigenvalue weighted by Gasteiger charge is -2.34. The molecule has 0 radical (unpaired) electrons. The lowest BCUT2D eigenvalue weighted by molar-refractivity contribution is -0.136. The van der Waals surface area contributed by atoms with Crippen molar-refractivity contribution >= 4 is 17.7 Å². The number of halogens is 1. The molecule has 8 heteroatoms. The number of amides is 3. The molecular formula is C31H37FN4O3. The number of fused-ring (bicyclic) bond motifs is 1. The number of carbonyl (C=O) groups excluding carboxylic acids is 3. The van der Waals surface area contributed by atoms with E-state index in [0.29, 0.717) is 18.5 Å². The molecule has 0 saturated carbocycles. The van der Waals surface area contributed by atoms with E-state index in [1.54, 1.807) is 11.0 Å². The van der Waals surface area contributed by atoms with Crippen LogP contribution in [0.25, 0.3) is 0 Å². The Bertz CT molecular complexity index is 1250. The maximum Gasteiger partial charge on any atom is 0.255 e. The van der Waals surface area contributed by atoms with Gasteiger partial charge >= 0.3 is 0 Å². The monoisotopic (exact) mass is 532 g/mol. The van der Waals surface area contributed by atoms with E-state index in [9.17, 15) is 18.8 Å². The molecule has 0 spiro atoms. The van der Waals surface area contributed by atoms with Crippen LogP contribution in [0.3, 0.4) is 0 Å². The van der Waals surface area contributed by atoms with Gasteiger partial charge in [0.15, 0.2) is 0 Å². The zero-order valence-corrected chi connectivity index (χ0v) is 22.8. The van der Waals surface area contributed by atoms with Crippen LogP contribution in [0.15, 0.2) is 66.8 Å². The molecule has 3 amide bonds. The average Bonchev–Trinajstić information content (AvgIpc) is 3.24. The zero-order chi connectivity index (χ0) is 27.9. The first-order valence-corrected chi connectivity index (χ1v) is 13.5. The van der Waals surface area contributed by atoms with E-state index >= 15 is 0 Å². The highest BCUT2D eigenvalue weighted by atomic mass is 19.1. The summed E-state index contributed by atoms with van der Waals surface area (Å²) in [5.41, 5.74) is 5.25. The van der Waals surface area contributed by atoms with Gasteiger partial charge in [-0.15, -0.1) is 0 Å². The van der Waals surface area contributed by atoms with Crippen molar-refractivity contribution in [2.24, 2.45) is 0 Å². The first-order valence-electron chi connectivity index (χ1n) is 13.5. The second kappa shape index (κ2) is 13.0. The Labute approximate surface area is 230 Å². The lowest BCUT2D eigenvalue weighted by atomic mass is 10.0. The van der Waals surface area contributed by atoms with E-state index in [-0.39, 0.29) is 30.0 Å². The molecule has 3 aliphatic heterocycles. The average molecular weight is 533 g/mol. The first-order chi connectivity index (χ1) is 18.7. The minimum Gasteiger partial charge on any atom is -0.322 e. The Morgan fingerprint density at radius 1 is 1.05 bits per heavy atom. The summed E-state index contributed by atoms with van der Waals surface area (Å²) in [6, 6.07) is 11.9. The highest BCUT2D eigenvalue weighted by Crippen LogP contribution is 2.29. The lowest BCUT2D eigenvalue weighted by Crippen LogP contribution is -2.52. The van der Waals surface area contributed by atoms with E-state index in [2.05, 4.69) is 34.7 Å². The van der Waals surface area contributed by atoms with Gasteiger partial charge in [-0.1, -0.05) is 48.6 Å². The second-order valence-corrected chi connectivity index (χ2v) is 10.4. The number of imide groups is 1. The van der Waals surface area contributed by atoms with Gasteiger partial charge in [-0.05, 0) is 55.2 Å². The fourth-order valence-electron chi connectivity index (χ4n) is 5.30. The van der Waals surface area contributed by atoms with Crippen molar-refractivity contribution in [3.63, 3.8) is 0 Å². The number of hydrogen-bond donors (Lipinski definition) is 1. The van der Waals surface area contributed by atoms with Crippen LogP contribution in [0.2, 0.25) is 0 Å². The van der Waals surface area contributed by atoms with Crippen molar-refractivity contribution in [2.75, 3.05) is 32.7 Å². The number of piperazine rings is 1. The fraction of sp³-hybridized carbons (Fsp3) is 0.387. The van der Waals surface area contributed by atoms with Crippen molar-refractivity contribution in [2.45, 2.75) is 45.8 Å². The van der Waals surface area contributed by atoms with E-state index in [0.717, 1.165) is 50.4 Å². The molecule has 206 valence electrons. The Balaban J connectivity index is 0.000000181. The number of rotatable bonds is 6. The highest BCUT2D eigenvalue weighted by Gasteiger charge is 2.39. The number of allylic oxidation sites excluding steroid dienone is 2. The third kappa shape index (κ3) is 7.28. The van der Waals surface area contributed by atoms with Crippen LogP contribution in [0.1, 0.15) is 46.8 Å². The predicted molar refractivity (Wildman–Crippen MR) is 149 cm³/mol. The van der Waals surface area contributed by atoms with Crippen LogP contribution in [0, 0.1) is 12.7 Å². The molecule has 3 aliphatic rings. The Morgan fingerprint density at radius 2 is 1.74 bits per heavy atom. The minimum atomic E-state index is -0.531. The molecule has 2 aromatic rings. The maximum absolute atomic E-state index is 12.9. The summed E-state index contributed by atoms with van der Waals surface area (Å²) in [7, 11) is 0. The van der Waals surface area contributed by atoms with Crippen molar-refractivity contribution in [1.82, 2.24) is 20.0 Å². The SMILES string of the molecule is C=C/C=C(\C)CN1CCN(Cc2ccc(F)cc2)CC1.Cc1cccc2c1CN(C1CCC(=O)NC1=O)C2=O. The van der Waals surface area contributed by atoms with Gasteiger partial charge in [-0.3, -0.25) is 29.5 Å². The largest absolute Gasteiger partial charge is 0.322 e. The van der Waals surface area contributed by atoms with Gasteiger partial charge in [0.1, 0.15) is 11.9 Å². The van der Waals surface area contributed by atoms with Gasteiger partial charge < -0.3 is 4.90 Å². The quantitative estimate of drug-likeness (QED) is 0.452. The van der Waals surface area contributed by atoms with E-state index in [4.69, 9.17) is 0 Å². The van der Waals surface area contributed by atoms with Crippen LogP contribution >= 0.6 is 0 Å². The van der Waals surface area contributed by atoms with E-state index < -0.39 is 6.04 Å². The normalized spacial score (nSPS) is 20.3. The van der Waals surface area contributed by atoms with Gasteiger partial charge in [0.25, 0.3) is 5.91 Å². The molecule has 39 heavy (non-hydrogen) atoms. The molecule has 2 saturated heterocycles. The van der Waals surface area contributed by atoms with Crippen LogP contribution < -0.4 is 5.32 Å². The third-order valence-electron chi connectivity index (χ3n) is 7.48. The zero-order valence-electron chi connectivity index (χ0n) is 22.8. The van der Waals surface area contributed by atoms with Crippen molar-refractivity contribution < 1.29 is 18.8 Å². The highest BCUT2D eigenvalue weighted by molar-refractivity contribution is 6.05. The van der Waals surface area contributed by atoms with Gasteiger partial charge in [-0.2, -0.15) is 0 Å². The summed E-state index contributed by atoms with van der Waals surface area (Å²) < 4.78 is 12.9. The van der Waals surface area contributed by atoms with Gasteiger partial charge in [0.2, 0.25) is 11.8 Å². The fourth-order valence-corrected chi connectivity index (χ4v) is 5.30. The molecule has 1 N–H and O–H groups in total. The van der Waals surface area contributed by atoms with E-state index in [1.165, 1.54) is 23.3 Å². The summed E-state index contributed by atoms with van der Waals surface area (Å²) in [4.78, 5) is 41.8. The molecule has 1 unspecified atom stereocenters. The van der Waals surface area contributed by atoms with Crippen LogP contribution in [0.4, 0.5) is 4.39 Å². The maximum atomic E-state index is 12.9. The third-order valence-corrected chi connectivity index (χ3v) is 7.48. The summed E-state index contributed by atoms with van der Waals surface area (Å²) in [5, 5.41) is 2.30. The number of piperidine rings is 1. The molecular weight excluding hydrogens is 495 g/mol. The number of nitrogens with zero attached hydrogens (tertiary/aromatic N) is 3. The molecule has 0 aliphatic carbocycles. The molecule has 0 aromatic heterocycles. The van der Waals surface area contributed by atoms with Gasteiger partial charge in [0, 0.05) is 57.8 Å². The number of nitrogens with one attached hydrogen (secondary N) is 1. The van der Waals surface area contributed by atoms with Crippen molar-refractivity contribution in [3.05, 3.63) is 94.8 Å². The van der Waals surface area contributed by atoms with Gasteiger partial charge in [-0.25, -0.2) is 4.39 Å². The number of aryl methyl sites for hydroxylation is 1. The summed E-state index contributed by atoms with van der Waals surface area (Å²) >= 11 is 0. The standard InChI is InChI=1S/C17H23FN2.C14H14N2O3/c1-3-4-15(2)13-19-9-11-20(12-10-19)14-16-5-7-17(18)8-6-16;1-8-3-2-4-9-10(8)7-16(14(9)19)11-5-6-12(17)15-13(11)18/h3-8H,1,9-14H2,2H3;2-4,11H,5-7H2,1H3,(H,15,17,18)/b15-4+;. The topological polar surface area (TPSA) is 73.0 Å². The second-order valence-electron chi connectivity index (χ2n) is 10.4. The van der Waals surface area contributed by atoms with Crippen molar-refractivity contribution in [1.29, 1.82) is 0 Å². The molecule has 2 fully saturated rings. The molecule has 2 aromatic carbocycles. The summed E-state index contributed by atoms with van der Waals surface area (Å²) in [5.74, 6) is -0.909. The summed E-state index contributed by atoms with van der Waals surface area (Å²) in [6.07, 6.45) is 4.62. The van der Waals surface area contributed by atoms with E-state index in [1.807, 2.05) is 37.3 Å². The van der Waals surface area contributed by atoms with Crippen LogP contribution in [-0.2, 0) is 22.7 Å². The molecule has 5 rings (SSSR count). The first kappa shape index (κ1) is 28.4. The molecule has 0 bridgehead atoms. The predicted octanol–water partition coefficient (Wildman–Crippen LogP) is 3.83. The minimum absolute atomic E-state index is 0.117. The molecule has 1 atom stereocenters. The van der Waals surface area contributed by atoms with Crippen molar-refractivity contribution in [3.8, 4) is 0 Å². The Morgan fingerprint density at radius 3 is 2.38 bits per heavy atom. The summed E-state index contributed by atoms with van der Waals surface area (Å²) in [6.45, 7) is 14.5. The van der Waals surface area contributed by atoms with Crippen LogP contribution in [0.5, 0.6) is 0 Å². The van der Waals surface area contributed by atoms with Crippen LogP contribution in [-0.4, -0.2) is 71.2 Å². The Kier molecular flexibility index (Phi) is 9.43. The Hall–Kier alpha value is -3.62. The number of hydrogen-bond acceptors (Lipinski definition) is 5. The number of carbonyl (C=O) groups is 3. The molecule has 7 nitrogen and oxygen atoms in total. The van der Waals surface area contributed by atoms with Gasteiger partial charge in [0.05, 0.1) is 0 Å². The smallest absolute Gasteiger partial charge is 0.255 e. The molecule has 3 heterocycles.